The average Bonchev–Trinajstić information content (AvgIpc) is 2.70. The fourth-order valence-electron chi connectivity index (χ4n) is 2.83. The van der Waals surface area contributed by atoms with Crippen molar-refractivity contribution < 1.29 is 9.53 Å². The maximum absolute atomic E-state index is 11.5. The molecule has 0 bridgehead atoms. The van der Waals surface area contributed by atoms with Gasteiger partial charge in [-0.1, -0.05) is 31.2 Å². The molecule has 0 N–H and O–H groups in total. The highest BCUT2D eigenvalue weighted by Crippen LogP contribution is 2.49. The molecule has 1 saturated heterocycles. The minimum atomic E-state index is -0.0151. The summed E-state index contributed by atoms with van der Waals surface area (Å²) < 4.78 is 5.11. The van der Waals surface area contributed by atoms with E-state index in [1.807, 2.05) is 12.1 Å². The Labute approximate surface area is 82.9 Å². The predicted octanol–water partition coefficient (Wildman–Crippen LogP) is 2.06. The van der Waals surface area contributed by atoms with Gasteiger partial charge in [-0.25, -0.2) is 0 Å². The molecule has 1 aliphatic carbocycles. The Kier molecular flexibility index (Phi) is 1.49. The smallest absolute Gasteiger partial charge is 0.310 e. The lowest BCUT2D eigenvalue weighted by atomic mass is 9.91. The topological polar surface area (TPSA) is 26.3 Å². The van der Waals surface area contributed by atoms with Crippen molar-refractivity contribution in [2.75, 3.05) is 6.61 Å². The lowest BCUT2D eigenvalue weighted by Gasteiger charge is -2.09. The number of carbonyl (C=O) groups is 1. The molecular formula is C12H12O2. The molecule has 1 fully saturated rings. The Morgan fingerprint density at radius 2 is 2.00 bits per heavy atom. The first kappa shape index (κ1) is 8.04. The highest BCUT2D eigenvalue weighted by molar-refractivity contribution is 5.79. The fourth-order valence-corrected chi connectivity index (χ4v) is 2.83. The standard InChI is InChI=1S/C12H12O2/c1-7-8-4-2-3-5-9(8)10-6-14-12(13)11(7)10/h2-5,7,10-11H,6H2,1H3/t7-,10-,11+/m0/s1. The number of benzene rings is 1. The Morgan fingerprint density at radius 3 is 2.79 bits per heavy atom. The van der Waals surface area contributed by atoms with Crippen molar-refractivity contribution in [3.8, 4) is 0 Å². The Hall–Kier alpha value is -1.31. The van der Waals surface area contributed by atoms with Gasteiger partial charge < -0.3 is 4.74 Å². The molecule has 0 aromatic heterocycles. The van der Waals surface area contributed by atoms with Crippen LogP contribution in [0.15, 0.2) is 24.3 Å². The Balaban J connectivity index is 2.15. The second-order valence-electron chi connectivity index (χ2n) is 4.18. The Bertz CT molecular complexity index is 397. The van der Waals surface area contributed by atoms with E-state index in [4.69, 9.17) is 4.74 Å². The zero-order valence-corrected chi connectivity index (χ0v) is 8.07. The van der Waals surface area contributed by atoms with E-state index in [-0.39, 0.29) is 11.9 Å². The lowest BCUT2D eigenvalue weighted by molar-refractivity contribution is -0.141. The molecule has 3 atom stereocenters. The minimum Gasteiger partial charge on any atom is -0.465 e. The largest absolute Gasteiger partial charge is 0.465 e. The van der Waals surface area contributed by atoms with Crippen LogP contribution < -0.4 is 0 Å². The number of carbonyl (C=O) groups excluding carboxylic acids is 1. The SMILES string of the molecule is C[C@H]1c2ccccc2[C@@H]2COC(=O)[C@H]12. The number of rotatable bonds is 0. The molecule has 14 heavy (non-hydrogen) atoms. The van der Waals surface area contributed by atoms with Gasteiger partial charge in [0.1, 0.15) is 0 Å². The molecule has 0 amide bonds. The molecule has 0 saturated carbocycles. The van der Waals surface area contributed by atoms with Crippen molar-refractivity contribution in [1.29, 1.82) is 0 Å². The first-order chi connectivity index (χ1) is 6.79. The van der Waals surface area contributed by atoms with Crippen LogP contribution in [0.3, 0.4) is 0 Å². The number of hydrogen-bond acceptors (Lipinski definition) is 2. The number of ether oxygens (including phenoxy) is 1. The van der Waals surface area contributed by atoms with Gasteiger partial charge in [-0.2, -0.15) is 0 Å². The van der Waals surface area contributed by atoms with Crippen LogP contribution in [0.25, 0.3) is 0 Å². The molecule has 1 aromatic carbocycles. The number of esters is 1. The molecule has 1 aromatic rings. The average molecular weight is 188 g/mol. The maximum atomic E-state index is 11.5. The van der Waals surface area contributed by atoms with Gasteiger partial charge in [-0.15, -0.1) is 0 Å². The van der Waals surface area contributed by atoms with E-state index in [0.717, 1.165) is 0 Å². The van der Waals surface area contributed by atoms with Crippen molar-refractivity contribution in [2.24, 2.45) is 5.92 Å². The summed E-state index contributed by atoms with van der Waals surface area (Å²) >= 11 is 0. The Morgan fingerprint density at radius 1 is 1.29 bits per heavy atom. The second kappa shape index (κ2) is 2.59. The molecule has 72 valence electrons. The molecule has 0 unspecified atom stereocenters. The normalized spacial score (nSPS) is 33.8. The van der Waals surface area contributed by atoms with Crippen LogP contribution in [0, 0.1) is 5.92 Å². The number of fused-ring (bicyclic) bond motifs is 3. The van der Waals surface area contributed by atoms with E-state index in [1.165, 1.54) is 11.1 Å². The van der Waals surface area contributed by atoms with E-state index < -0.39 is 0 Å². The first-order valence-corrected chi connectivity index (χ1v) is 5.04. The van der Waals surface area contributed by atoms with Crippen molar-refractivity contribution >= 4 is 5.97 Å². The van der Waals surface area contributed by atoms with E-state index >= 15 is 0 Å². The minimum absolute atomic E-state index is 0.0151. The summed E-state index contributed by atoms with van der Waals surface area (Å²) in [4.78, 5) is 11.5. The van der Waals surface area contributed by atoms with Crippen LogP contribution >= 0.6 is 0 Å². The van der Waals surface area contributed by atoms with E-state index in [9.17, 15) is 4.79 Å². The van der Waals surface area contributed by atoms with E-state index in [0.29, 0.717) is 18.4 Å². The molecule has 0 radical (unpaired) electrons. The van der Waals surface area contributed by atoms with Gasteiger partial charge in [0.25, 0.3) is 0 Å². The molecule has 1 aliphatic heterocycles. The third-order valence-electron chi connectivity index (χ3n) is 3.54. The zero-order chi connectivity index (χ0) is 9.71. The summed E-state index contributed by atoms with van der Waals surface area (Å²) in [5.74, 6) is 0.700. The van der Waals surface area contributed by atoms with Crippen molar-refractivity contribution in [1.82, 2.24) is 0 Å². The molecule has 0 spiro atoms. The van der Waals surface area contributed by atoms with Crippen molar-refractivity contribution in [2.45, 2.75) is 18.8 Å². The second-order valence-corrected chi connectivity index (χ2v) is 4.18. The van der Waals surface area contributed by atoms with Gasteiger partial charge in [0, 0.05) is 5.92 Å². The van der Waals surface area contributed by atoms with Crippen LogP contribution in [-0.4, -0.2) is 12.6 Å². The van der Waals surface area contributed by atoms with Crippen molar-refractivity contribution in [3.63, 3.8) is 0 Å². The summed E-state index contributed by atoms with van der Waals surface area (Å²) in [6, 6.07) is 8.34. The van der Waals surface area contributed by atoms with Gasteiger partial charge in [0.05, 0.1) is 12.5 Å². The summed E-state index contributed by atoms with van der Waals surface area (Å²) in [6.07, 6.45) is 0. The van der Waals surface area contributed by atoms with Gasteiger partial charge in [0.2, 0.25) is 0 Å². The van der Waals surface area contributed by atoms with Gasteiger partial charge in [-0.05, 0) is 17.0 Å². The molecule has 2 heteroatoms. The fraction of sp³-hybridized carbons (Fsp3) is 0.417. The highest BCUT2D eigenvalue weighted by Gasteiger charge is 2.47. The summed E-state index contributed by atoms with van der Waals surface area (Å²) in [7, 11) is 0. The monoisotopic (exact) mass is 188 g/mol. The van der Waals surface area contributed by atoms with Crippen molar-refractivity contribution in [3.05, 3.63) is 35.4 Å². The molecule has 2 nitrogen and oxygen atoms in total. The van der Waals surface area contributed by atoms with Crippen LogP contribution in [0.2, 0.25) is 0 Å². The quantitative estimate of drug-likeness (QED) is 0.582. The van der Waals surface area contributed by atoms with Crippen LogP contribution in [0.4, 0.5) is 0 Å². The van der Waals surface area contributed by atoms with Gasteiger partial charge >= 0.3 is 5.97 Å². The van der Waals surface area contributed by atoms with Gasteiger partial charge in [-0.3, -0.25) is 4.79 Å². The first-order valence-electron chi connectivity index (χ1n) is 5.04. The summed E-state index contributed by atoms with van der Waals surface area (Å²) in [6.45, 7) is 2.70. The molecule has 1 heterocycles. The third kappa shape index (κ3) is 0.834. The predicted molar refractivity (Wildman–Crippen MR) is 52.0 cm³/mol. The molecular weight excluding hydrogens is 176 g/mol. The molecule has 2 aliphatic rings. The lowest BCUT2D eigenvalue weighted by Crippen LogP contribution is -2.13. The van der Waals surface area contributed by atoms with Crippen LogP contribution in [0.1, 0.15) is 29.9 Å². The van der Waals surface area contributed by atoms with E-state index in [2.05, 4.69) is 19.1 Å². The highest BCUT2D eigenvalue weighted by atomic mass is 16.5. The zero-order valence-electron chi connectivity index (χ0n) is 8.07. The number of hydrogen-bond donors (Lipinski definition) is 0. The number of cyclic esters (lactones) is 1. The maximum Gasteiger partial charge on any atom is 0.310 e. The summed E-state index contributed by atoms with van der Waals surface area (Å²) in [5, 5.41) is 0. The van der Waals surface area contributed by atoms with Crippen LogP contribution in [0.5, 0.6) is 0 Å². The molecule has 3 rings (SSSR count). The van der Waals surface area contributed by atoms with E-state index in [1.54, 1.807) is 0 Å². The summed E-state index contributed by atoms with van der Waals surface area (Å²) in [5.41, 5.74) is 2.65. The third-order valence-corrected chi connectivity index (χ3v) is 3.54. The van der Waals surface area contributed by atoms with Gasteiger partial charge in [0.15, 0.2) is 0 Å². The van der Waals surface area contributed by atoms with Crippen LogP contribution in [-0.2, 0) is 9.53 Å².